The van der Waals surface area contributed by atoms with Gasteiger partial charge in [0.2, 0.25) is 0 Å². The highest BCUT2D eigenvalue weighted by Gasteiger charge is 2.20. The van der Waals surface area contributed by atoms with Gasteiger partial charge in [-0.2, -0.15) is 0 Å². The minimum atomic E-state index is -3.88. The molecule has 0 saturated heterocycles. The number of hydrogen-bond donors (Lipinski definition) is 2. The van der Waals surface area contributed by atoms with Crippen LogP contribution in [0.5, 0.6) is 0 Å². The van der Waals surface area contributed by atoms with Gasteiger partial charge in [0, 0.05) is 4.88 Å². The van der Waals surface area contributed by atoms with Crippen molar-refractivity contribution in [3.8, 4) is 0 Å². The van der Waals surface area contributed by atoms with Gasteiger partial charge in [-0.25, -0.2) is 17.6 Å². The van der Waals surface area contributed by atoms with Gasteiger partial charge < -0.3 is 5.11 Å². The molecule has 1 heterocycles. The van der Waals surface area contributed by atoms with E-state index in [1.165, 1.54) is 6.07 Å². The van der Waals surface area contributed by atoms with Crippen LogP contribution in [0.4, 0.5) is 10.1 Å². The molecule has 106 valence electrons. The summed E-state index contributed by atoms with van der Waals surface area (Å²) in [6.07, 6.45) is 0. The van der Waals surface area contributed by atoms with Gasteiger partial charge in [-0.3, -0.25) is 4.72 Å². The van der Waals surface area contributed by atoms with Crippen LogP contribution in [0.15, 0.2) is 34.5 Å². The van der Waals surface area contributed by atoms with Crippen molar-refractivity contribution < 1.29 is 22.7 Å². The summed E-state index contributed by atoms with van der Waals surface area (Å²) in [4.78, 5) is 11.8. The van der Waals surface area contributed by atoms with Crippen LogP contribution in [0.1, 0.15) is 15.2 Å². The van der Waals surface area contributed by atoms with Crippen molar-refractivity contribution in [3.63, 3.8) is 0 Å². The van der Waals surface area contributed by atoms with Crippen LogP contribution in [0, 0.1) is 12.7 Å². The average molecular weight is 315 g/mol. The van der Waals surface area contributed by atoms with Crippen LogP contribution in [0.3, 0.4) is 0 Å². The number of carbonyl (C=O) groups is 1. The number of aromatic carboxylic acids is 1. The highest BCUT2D eigenvalue weighted by molar-refractivity contribution is 7.94. The first-order valence-corrected chi connectivity index (χ1v) is 7.71. The molecule has 5 nitrogen and oxygen atoms in total. The van der Waals surface area contributed by atoms with E-state index in [0.717, 1.165) is 34.4 Å². The van der Waals surface area contributed by atoms with Crippen molar-refractivity contribution >= 4 is 33.0 Å². The number of hydrogen-bond acceptors (Lipinski definition) is 4. The van der Waals surface area contributed by atoms with Crippen LogP contribution >= 0.6 is 11.3 Å². The molecule has 0 atom stereocenters. The van der Waals surface area contributed by atoms with Crippen LogP contribution in [0.25, 0.3) is 0 Å². The number of nitrogens with one attached hydrogen (secondary N) is 1. The Hall–Kier alpha value is -1.93. The molecule has 0 spiro atoms. The first-order valence-electron chi connectivity index (χ1n) is 5.42. The maximum Gasteiger partial charge on any atom is 0.337 e. The Kier molecular flexibility index (Phi) is 3.78. The standard InChI is InChI=1S/C12H10FNO4S2/c1-7-2-5-11(19-7)20(17,18)14-10-4-3-8(13)6-9(10)12(15)16/h2-6,14H,1H3,(H,15,16). The van der Waals surface area contributed by atoms with Crippen molar-refractivity contribution in [3.05, 3.63) is 46.6 Å². The predicted octanol–water partition coefficient (Wildman–Crippen LogP) is 2.69. The quantitative estimate of drug-likeness (QED) is 0.908. The van der Waals surface area contributed by atoms with E-state index < -0.39 is 27.4 Å². The Balaban J connectivity index is 2.42. The molecule has 8 heteroatoms. The fraction of sp³-hybridized carbons (Fsp3) is 0.0833. The summed E-state index contributed by atoms with van der Waals surface area (Å²) in [7, 11) is -3.88. The van der Waals surface area contributed by atoms with Crippen molar-refractivity contribution in [2.75, 3.05) is 4.72 Å². The van der Waals surface area contributed by atoms with Gasteiger partial charge in [0.1, 0.15) is 10.0 Å². The lowest BCUT2D eigenvalue weighted by atomic mass is 10.2. The van der Waals surface area contributed by atoms with Gasteiger partial charge in [-0.15, -0.1) is 11.3 Å². The second-order valence-corrected chi connectivity index (χ2v) is 7.16. The summed E-state index contributed by atoms with van der Waals surface area (Å²) < 4.78 is 39.4. The van der Waals surface area contributed by atoms with E-state index in [1.807, 2.05) is 0 Å². The molecule has 2 aromatic rings. The molecule has 2 rings (SSSR count). The number of thiophene rings is 1. The number of carboxylic acids is 1. The Labute approximate surface area is 118 Å². The summed E-state index contributed by atoms with van der Waals surface area (Å²) >= 11 is 1.06. The summed E-state index contributed by atoms with van der Waals surface area (Å²) in [6.45, 7) is 1.75. The van der Waals surface area contributed by atoms with Crippen molar-refractivity contribution in [2.45, 2.75) is 11.1 Å². The lowest BCUT2D eigenvalue weighted by Crippen LogP contribution is -2.14. The molecule has 0 saturated carbocycles. The first kappa shape index (κ1) is 14.5. The molecule has 2 N–H and O–H groups in total. The van der Waals surface area contributed by atoms with Crippen LogP contribution < -0.4 is 4.72 Å². The average Bonchev–Trinajstić information content (AvgIpc) is 2.78. The topological polar surface area (TPSA) is 83.5 Å². The third-order valence-corrected chi connectivity index (χ3v) is 5.29. The Morgan fingerprint density at radius 1 is 1.30 bits per heavy atom. The van der Waals surface area contributed by atoms with Crippen LogP contribution in [-0.4, -0.2) is 19.5 Å². The maximum atomic E-state index is 13.0. The minimum Gasteiger partial charge on any atom is -0.478 e. The van der Waals surface area contributed by atoms with E-state index in [9.17, 15) is 17.6 Å². The first-order chi connectivity index (χ1) is 9.29. The monoisotopic (exact) mass is 315 g/mol. The van der Waals surface area contributed by atoms with E-state index >= 15 is 0 Å². The number of anilines is 1. The number of carboxylic acid groups (broad SMARTS) is 1. The number of benzene rings is 1. The Morgan fingerprint density at radius 3 is 2.55 bits per heavy atom. The van der Waals surface area contributed by atoms with E-state index in [0.29, 0.717) is 0 Å². The van der Waals surface area contributed by atoms with E-state index in [1.54, 1.807) is 13.0 Å². The van der Waals surface area contributed by atoms with Crippen molar-refractivity contribution in [2.24, 2.45) is 0 Å². The number of sulfonamides is 1. The van der Waals surface area contributed by atoms with Crippen LogP contribution in [0.2, 0.25) is 0 Å². The molecule has 0 radical (unpaired) electrons. The van der Waals surface area contributed by atoms with Gasteiger partial charge in [0.25, 0.3) is 10.0 Å². The Bertz CT molecular complexity index is 768. The summed E-state index contributed by atoms with van der Waals surface area (Å²) in [5.74, 6) is -2.16. The van der Waals surface area contributed by atoms with Gasteiger partial charge >= 0.3 is 5.97 Å². The molecule has 0 aliphatic carbocycles. The second-order valence-electron chi connectivity index (χ2n) is 3.97. The van der Waals surface area contributed by atoms with Crippen LogP contribution in [-0.2, 0) is 10.0 Å². The zero-order valence-electron chi connectivity index (χ0n) is 10.3. The lowest BCUT2D eigenvalue weighted by Gasteiger charge is -2.09. The molecular weight excluding hydrogens is 305 g/mol. The van der Waals surface area contributed by atoms with E-state index in [2.05, 4.69) is 4.72 Å². The highest BCUT2D eigenvalue weighted by atomic mass is 32.2. The van der Waals surface area contributed by atoms with Gasteiger partial charge in [0.15, 0.2) is 0 Å². The maximum absolute atomic E-state index is 13.0. The second kappa shape index (κ2) is 5.22. The van der Waals surface area contributed by atoms with E-state index in [4.69, 9.17) is 5.11 Å². The fourth-order valence-corrected chi connectivity index (χ4v) is 3.90. The molecule has 0 aliphatic rings. The molecule has 0 fully saturated rings. The SMILES string of the molecule is Cc1ccc(S(=O)(=O)Nc2ccc(F)cc2C(=O)O)s1. The normalized spacial score (nSPS) is 11.3. The highest BCUT2D eigenvalue weighted by Crippen LogP contribution is 2.25. The molecule has 1 aromatic carbocycles. The molecular formula is C12H10FNO4S2. The predicted molar refractivity (Wildman–Crippen MR) is 73.2 cm³/mol. The van der Waals surface area contributed by atoms with E-state index in [-0.39, 0.29) is 9.90 Å². The Morgan fingerprint density at radius 2 is 2.00 bits per heavy atom. The lowest BCUT2D eigenvalue weighted by molar-refractivity contribution is 0.0697. The van der Waals surface area contributed by atoms with Gasteiger partial charge in [0.05, 0.1) is 11.3 Å². The molecule has 0 unspecified atom stereocenters. The molecule has 0 aliphatic heterocycles. The summed E-state index contributed by atoms with van der Waals surface area (Å²) in [5, 5.41) is 8.96. The van der Waals surface area contributed by atoms with Gasteiger partial charge in [-0.05, 0) is 37.3 Å². The number of halogens is 1. The molecule has 1 aromatic heterocycles. The summed E-state index contributed by atoms with van der Waals surface area (Å²) in [5.41, 5.74) is -0.619. The molecule has 0 amide bonds. The number of rotatable bonds is 4. The number of aryl methyl sites for hydroxylation is 1. The zero-order valence-corrected chi connectivity index (χ0v) is 11.9. The fourth-order valence-electron chi connectivity index (χ4n) is 1.53. The molecule has 0 bridgehead atoms. The smallest absolute Gasteiger partial charge is 0.337 e. The summed E-state index contributed by atoms with van der Waals surface area (Å²) in [6, 6.07) is 5.90. The van der Waals surface area contributed by atoms with Gasteiger partial charge in [-0.1, -0.05) is 0 Å². The third kappa shape index (κ3) is 2.97. The van der Waals surface area contributed by atoms with Crippen molar-refractivity contribution in [1.82, 2.24) is 0 Å². The third-order valence-electron chi connectivity index (χ3n) is 2.44. The zero-order chi connectivity index (χ0) is 14.9. The largest absolute Gasteiger partial charge is 0.478 e. The van der Waals surface area contributed by atoms with Crippen molar-refractivity contribution in [1.29, 1.82) is 0 Å². The minimum absolute atomic E-state index is 0.0654. The molecule has 20 heavy (non-hydrogen) atoms.